The van der Waals surface area contributed by atoms with Crippen LogP contribution in [0, 0.1) is 12.5 Å². The Balaban J connectivity index is 0.000000810. The summed E-state index contributed by atoms with van der Waals surface area (Å²) >= 11 is 0. The third-order valence-corrected chi connectivity index (χ3v) is 1.64. The number of hydrogen-bond acceptors (Lipinski definition) is 1. The fourth-order valence-electron chi connectivity index (χ4n) is 1.29. The molecule has 1 fully saturated rings. The summed E-state index contributed by atoms with van der Waals surface area (Å²) in [5, 5.41) is 0. The van der Waals surface area contributed by atoms with Gasteiger partial charge in [0.05, 0.1) is 0 Å². The van der Waals surface area contributed by atoms with Gasteiger partial charge in [0.25, 0.3) is 0 Å². The molecule has 0 unspecified atom stereocenters. The first-order chi connectivity index (χ1) is 4.29. The van der Waals surface area contributed by atoms with Crippen LogP contribution >= 0.6 is 0 Å². The predicted octanol–water partition coefficient (Wildman–Crippen LogP) is -1.10. The fourth-order valence-corrected chi connectivity index (χ4v) is 1.29. The summed E-state index contributed by atoms with van der Waals surface area (Å²) in [5.41, 5.74) is 0. The van der Waals surface area contributed by atoms with E-state index in [1.54, 1.807) is 0 Å². The molecule has 0 amide bonds. The molecule has 1 rings (SSSR count). The SMILES string of the molecule is CC(C)CN1[CH-]CCC1.[Li+]. The molecule has 1 aliphatic rings. The van der Waals surface area contributed by atoms with Gasteiger partial charge in [-0.15, -0.1) is 0 Å². The summed E-state index contributed by atoms with van der Waals surface area (Å²) in [4.78, 5) is 2.44. The van der Waals surface area contributed by atoms with E-state index in [9.17, 15) is 0 Å². The molecule has 2 heteroatoms. The van der Waals surface area contributed by atoms with Gasteiger partial charge < -0.3 is 4.90 Å². The summed E-state index contributed by atoms with van der Waals surface area (Å²) in [6, 6.07) is 0. The molecule has 0 bridgehead atoms. The van der Waals surface area contributed by atoms with Crippen molar-refractivity contribution in [3.05, 3.63) is 6.54 Å². The van der Waals surface area contributed by atoms with E-state index in [4.69, 9.17) is 0 Å². The van der Waals surface area contributed by atoms with Crippen molar-refractivity contribution in [1.29, 1.82) is 0 Å². The van der Waals surface area contributed by atoms with E-state index in [1.807, 2.05) is 0 Å². The van der Waals surface area contributed by atoms with Gasteiger partial charge in [-0.1, -0.05) is 20.3 Å². The molecule has 0 saturated carbocycles. The Kier molecular flexibility index (Phi) is 5.53. The van der Waals surface area contributed by atoms with Crippen LogP contribution in [0.4, 0.5) is 0 Å². The van der Waals surface area contributed by atoms with Gasteiger partial charge >= 0.3 is 18.9 Å². The normalized spacial score (nSPS) is 19.5. The Labute approximate surface area is 76.3 Å². The number of nitrogens with zero attached hydrogens (tertiary/aromatic N) is 1. The van der Waals surface area contributed by atoms with E-state index in [2.05, 4.69) is 25.3 Å². The molecule has 1 saturated heterocycles. The second-order valence-electron chi connectivity index (χ2n) is 3.21. The van der Waals surface area contributed by atoms with Crippen molar-refractivity contribution in [3.8, 4) is 0 Å². The summed E-state index contributed by atoms with van der Waals surface area (Å²) in [6.45, 7) is 9.41. The maximum Gasteiger partial charge on any atom is 1.00 e. The minimum Gasteiger partial charge on any atom is -0.456 e. The quantitative estimate of drug-likeness (QED) is 0.341. The third-order valence-electron chi connectivity index (χ3n) is 1.64. The molecule has 10 heavy (non-hydrogen) atoms. The van der Waals surface area contributed by atoms with Crippen LogP contribution in [0.5, 0.6) is 0 Å². The molecule has 0 aromatic rings. The Morgan fingerprint density at radius 3 is 2.60 bits per heavy atom. The van der Waals surface area contributed by atoms with E-state index >= 15 is 0 Å². The van der Waals surface area contributed by atoms with Crippen molar-refractivity contribution >= 4 is 0 Å². The van der Waals surface area contributed by atoms with Gasteiger partial charge in [0.15, 0.2) is 0 Å². The molecule has 0 aromatic carbocycles. The van der Waals surface area contributed by atoms with Crippen LogP contribution in [0.3, 0.4) is 0 Å². The largest absolute Gasteiger partial charge is 1.00 e. The third kappa shape index (κ3) is 3.66. The molecule has 0 atom stereocenters. The molecule has 0 spiro atoms. The van der Waals surface area contributed by atoms with Gasteiger partial charge in [-0.25, -0.2) is 0 Å². The van der Waals surface area contributed by atoms with Gasteiger partial charge in [0, 0.05) is 0 Å². The second kappa shape index (κ2) is 5.24. The average molecular weight is 133 g/mol. The van der Waals surface area contributed by atoms with Gasteiger partial charge in [0.2, 0.25) is 0 Å². The molecular formula is C8H16LiN. The summed E-state index contributed by atoms with van der Waals surface area (Å²) in [7, 11) is 0. The molecule has 0 aromatic heterocycles. The molecule has 0 radical (unpaired) electrons. The molecule has 1 aliphatic heterocycles. The first-order valence-corrected chi connectivity index (χ1v) is 3.86. The van der Waals surface area contributed by atoms with Gasteiger partial charge in [-0.2, -0.15) is 6.42 Å². The standard InChI is InChI=1S/C8H16N.Li/c1-8(2)7-9-5-3-4-6-9;/h5,8H,3-4,6-7H2,1-2H3;/q-1;+1. The van der Waals surface area contributed by atoms with E-state index in [0.717, 1.165) is 5.92 Å². The minimum atomic E-state index is 0. The van der Waals surface area contributed by atoms with E-state index in [0.29, 0.717) is 0 Å². The van der Waals surface area contributed by atoms with Crippen LogP contribution in [0.2, 0.25) is 0 Å². The van der Waals surface area contributed by atoms with Crippen molar-refractivity contribution in [2.24, 2.45) is 5.92 Å². The van der Waals surface area contributed by atoms with Gasteiger partial charge in [-0.05, 0) is 19.0 Å². The molecule has 0 aliphatic carbocycles. The summed E-state index contributed by atoms with van der Waals surface area (Å²) in [6.07, 6.45) is 2.67. The first kappa shape index (κ1) is 10.6. The Morgan fingerprint density at radius 2 is 2.20 bits per heavy atom. The van der Waals surface area contributed by atoms with Crippen molar-refractivity contribution in [1.82, 2.24) is 4.90 Å². The monoisotopic (exact) mass is 133 g/mol. The summed E-state index contributed by atoms with van der Waals surface area (Å²) in [5.74, 6) is 0.819. The number of likely N-dealkylation sites (tertiary alicyclic amines) is 1. The van der Waals surface area contributed by atoms with Crippen molar-refractivity contribution < 1.29 is 18.9 Å². The minimum absolute atomic E-state index is 0. The predicted molar refractivity (Wildman–Crippen MR) is 39.9 cm³/mol. The van der Waals surface area contributed by atoms with Crippen LogP contribution < -0.4 is 18.9 Å². The van der Waals surface area contributed by atoms with Crippen LogP contribution in [0.25, 0.3) is 0 Å². The van der Waals surface area contributed by atoms with Crippen LogP contribution in [-0.2, 0) is 0 Å². The van der Waals surface area contributed by atoms with E-state index in [1.165, 1.54) is 25.9 Å². The Hall–Kier alpha value is 0.557. The zero-order chi connectivity index (χ0) is 6.69. The van der Waals surface area contributed by atoms with E-state index in [-0.39, 0.29) is 18.9 Å². The molecular weight excluding hydrogens is 117 g/mol. The molecule has 0 N–H and O–H groups in total. The van der Waals surface area contributed by atoms with Gasteiger partial charge in [-0.3, -0.25) is 6.54 Å². The van der Waals surface area contributed by atoms with Crippen LogP contribution in [-0.4, -0.2) is 18.0 Å². The van der Waals surface area contributed by atoms with Crippen LogP contribution in [0.15, 0.2) is 0 Å². The second-order valence-corrected chi connectivity index (χ2v) is 3.21. The topological polar surface area (TPSA) is 3.24 Å². The average Bonchev–Trinajstić information content (AvgIpc) is 2.15. The zero-order valence-corrected chi connectivity index (χ0v) is 7.43. The molecule has 1 nitrogen and oxygen atoms in total. The fraction of sp³-hybridized carbons (Fsp3) is 0.875. The number of hydrogen-bond donors (Lipinski definition) is 0. The van der Waals surface area contributed by atoms with Crippen LogP contribution in [0.1, 0.15) is 26.7 Å². The Bertz CT molecular complexity index is 77.3. The Morgan fingerprint density at radius 1 is 1.50 bits per heavy atom. The van der Waals surface area contributed by atoms with E-state index < -0.39 is 0 Å². The van der Waals surface area contributed by atoms with Crippen molar-refractivity contribution in [3.63, 3.8) is 0 Å². The number of rotatable bonds is 2. The molecule has 1 heterocycles. The maximum absolute atomic E-state index is 2.44. The molecule has 54 valence electrons. The van der Waals surface area contributed by atoms with Crippen molar-refractivity contribution in [2.75, 3.05) is 13.1 Å². The maximum atomic E-state index is 2.44. The first-order valence-electron chi connectivity index (χ1n) is 3.86. The smallest absolute Gasteiger partial charge is 0.456 e. The summed E-state index contributed by atoms with van der Waals surface area (Å²) < 4.78 is 0. The van der Waals surface area contributed by atoms with Crippen molar-refractivity contribution in [2.45, 2.75) is 26.7 Å². The zero-order valence-electron chi connectivity index (χ0n) is 7.43. The van der Waals surface area contributed by atoms with Gasteiger partial charge in [0.1, 0.15) is 0 Å².